The van der Waals surface area contributed by atoms with Gasteiger partial charge in [0.15, 0.2) is 0 Å². The van der Waals surface area contributed by atoms with Gasteiger partial charge in [-0.3, -0.25) is 0 Å². The van der Waals surface area contributed by atoms with Crippen molar-refractivity contribution in [2.45, 2.75) is 31.7 Å². The van der Waals surface area contributed by atoms with E-state index in [0.29, 0.717) is 0 Å². The molecule has 2 rings (SSSR count). The summed E-state index contributed by atoms with van der Waals surface area (Å²) in [5.74, 6) is 0. The minimum absolute atomic E-state index is 0.0449. The van der Waals surface area contributed by atoms with Crippen molar-refractivity contribution >= 4 is 11.8 Å². The monoisotopic (exact) mass is 271 g/mol. The van der Waals surface area contributed by atoms with Crippen LogP contribution in [0.4, 0.5) is 0 Å². The molecule has 0 heterocycles. The average molecular weight is 271 g/mol. The summed E-state index contributed by atoms with van der Waals surface area (Å²) >= 11 is 1.75. The quantitative estimate of drug-likeness (QED) is 0.838. The van der Waals surface area contributed by atoms with Gasteiger partial charge in [0.1, 0.15) is 0 Å². The van der Waals surface area contributed by atoms with Gasteiger partial charge in [-0.2, -0.15) is 0 Å². The Balaban J connectivity index is 2.40. The molecule has 100 valence electrons. The second-order valence-corrected chi connectivity index (χ2v) is 5.94. The molecule has 0 amide bonds. The molecule has 0 radical (unpaired) electrons. The van der Waals surface area contributed by atoms with Crippen LogP contribution in [0.1, 0.15) is 33.9 Å². The standard InChI is InChI=1S/C17H21NS/c1-11-9-12(2)16(13(3)10-11)17(18)14-5-7-15(19-4)8-6-14/h5-10,17H,18H2,1-4H3. The number of benzene rings is 2. The van der Waals surface area contributed by atoms with Crippen molar-refractivity contribution in [2.75, 3.05) is 6.26 Å². The largest absolute Gasteiger partial charge is 0.320 e. The average Bonchev–Trinajstić information content (AvgIpc) is 2.37. The van der Waals surface area contributed by atoms with E-state index < -0.39 is 0 Å². The molecule has 0 aliphatic carbocycles. The van der Waals surface area contributed by atoms with Gasteiger partial charge in [0, 0.05) is 4.90 Å². The van der Waals surface area contributed by atoms with Gasteiger partial charge in [-0.15, -0.1) is 11.8 Å². The summed E-state index contributed by atoms with van der Waals surface area (Å²) in [6.07, 6.45) is 2.09. The van der Waals surface area contributed by atoms with Gasteiger partial charge in [-0.05, 0) is 61.4 Å². The lowest BCUT2D eigenvalue weighted by atomic mass is 9.90. The van der Waals surface area contributed by atoms with Crippen LogP contribution in [-0.2, 0) is 0 Å². The van der Waals surface area contributed by atoms with Crippen LogP contribution in [0.5, 0.6) is 0 Å². The van der Waals surface area contributed by atoms with E-state index in [1.807, 2.05) is 0 Å². The van der Waals surface area contributed by atoms with Gasteiger partial charge in [-0.1, -0.05) is 29.8 Å². The molecule has 2 aromatic rings. The number of hydrogen-bond acceptors (Lipinski definition) is 2. The lowest BCUT2D eigenvalue weighted by molar-refractivity contribution is 0.849. The molecule has 0 bridgehead atoms. The maximum absolute atomic E-state index is 6.45. The first-order valence-electron chi connectivity index (χ1n) is 6.50. The molecule has 0 saturated carbocycles. The van der Waals surface area contributed by atoms with Crippen LogP contribution in [0.25, 0.3) is 0 Å². The van der Waals surface area contributed by atoms with Gasteiger partial charge in [0.25, 0.3) is 0 Å². The van der Waals surface area contributed by atoms with E-state index in [4.69, 9.17) is 5.73 Å². The van der Waals surface area contributed by atoms with Gasteiger partial charge < -0.3 is 5.73 Å². The summed E-state index contributed by atoms with van der Waals surface area (Å²) in [5, 5.41) is 0. The van der Waals surface area contributed by atoms with Crippen LogP contribution in [0.3, 0.4) is 0 Å². The van der Waals surface area contributed by atoms with Crippen molar-refractivity contribution in [2.24, 2.45) is 5.73 Å². The highest BCUT2D eigenvalue weighted by atomic mass is 32.2. The molecule has 2 aromatic carbocycles. The first-order valence-corrected chi connectivity index (χ1v) is 7.72. The maximum atomic E-state index is 6.45. The first kappa shape index (κ1) is 14.2. The Morgan fingerprint density at radius 2 is 1.47 bits per heavy atom. The Bertz CT molecular complexity index is 549. The first-order chi connectivity index (χ1) is 9.02. The lowest BCUT2D eigenvalue weighted by Gasteiger charge is -2.19. The van der Waals surface area contributed by atoms with Gasteiger partial charge in [-0.25, -0.2) is 0 Å². The maximum Gasteiger partial charge on any atom is 0.0556 e. The molecular formula is C17H21NS. The molecule has 0 spiro atoms. The molecule has 2 heteroatoms. The summed E-state index contributed by atoms with van der Waals surface area (Å²) in [4.78, 5) is 1.27. The molecule has 1 nitrogen and oxygen atoms in total. The number of thioether (sulfide) groups is 1. The van der Waals surface area contributed by atoms with E-state index in [1.54, 1.807) is 11.8 Å². The van der Waals surface area contributed by atoms with Crippen molar-refractivity contribution in [3.8, 4) is 0 Å². The SMILES string of the molecule is CSc1ccc(C(N)c2c(C)cc(C)cc2C)cc1. The highest BCUT2D eigenvalue weighted by Crippen LogP contribution is 2.28. The zero-order valence-corrected chi connectivity index (χ0v) is 12.8. The summed E-state index contributed by atoms with van der Waals surface area (Å²) in [7, 11) is 0. The van der Waals surface area contributed by atoms with Crippen molar-refractivity contribution in [1.29, 1.82) is 0 Å². The topological polar surface area (TPSA) is 26.0 Å². The van der Waals surface area contributed by atoms with Crippen LogP contribution in [-0.4, -0.2) is 6.26 Å². The molecule has 1 atom stereocenters. The zero-order chi connectivity index (χ0) is 14.0. The Kier molecular flexibility index (Phi) is 4.33. The van der Waals surface area contributed by atoms with E-state index in [1.165, 1.54) is 32.7 Å². The molecule has 0 aliphatic rings. The molecule has 0 aromatic heterocycles. The molecular weight excluding hydrogens is 250 g/mol. The van der Waals surface area contributed by atoms with Crippen molar-refractivity contribution in [1.82, 2.24) is 0 Å². The second kappa shape index (κ2) is 5.81. The van der Waals surface area contributed by atoms with Crippen LogP contribution in [0.15, 0.2) is 41.3 Å². The fourth-order valence-corrected chi connectivity index (χ4v) is 3.07. The second-order valence-electron chi connectivity index (χ2n) is 5.06. The summed E-state index contributed by atoms with van der Waals surface area (Å²) < 4.78 is 0. The van der Waals surface area contributed by atoms with E-state index in [2.05, 4.69) is 63.4 Å². The summed E-state index contributed by atoms with van der Waals surface area (Å²) in [6, 6.07) is 12.9. The third-order valence-corrected chi connectivity index (χ3v) is 4.27. The normalized spacial score (nSPS) is 12.5. The van der Waals surface area contributed by atoms with Gasteiger partial charge in [0.2, 0.25) is 0 Å². The Morgan fingerprint density at radius 3 is 1.95 bits per heavy atom. The van der Waals surface area contributed by atoms with Crippen molar-refractivity contribution in [3.05, 3.63) is 64.2 Å². The molecule has 0 aliphatic heterocycles. The molecule has 0 fully saturated rings. The highest BCUT2D eigenvalue weighted by Gasteiger charge is 2.14. The molecule has 1 unspecified atom stereocenters. The fraction of sp³-hybridized carbons (Fsp3) is 0.294. The molecule has 0 saturated heterocycles. The number of nitrogens with two attached hydrogens (primary N) is 1. The highest BCUT2D eigenvalue weighted by molar-refractivity contribution is 7.98. The zero-order valence-electron chi connectivity index (χ0n) is 12.0. The smallest absolute Gasteiger partial charge is 0.0556 e. The molecule has 19 heavy (non-hydrogen) atoms. The van der Waals surface area contributed by atoms with Crippen LogP contribution < -0.4 is 5.73 Å². The van der Waals surface area contributed by atoms with Gasteiger partial charge in [0.05, 0.1) is 6.04 Å². The number of aryl methyl sites for hydroxylation is 3. The third kappa shape index (κ3) is 3.02. The predicted molar refractivity (Wildman–Crippen MR) is 84.9 cm³/mol. The van der Waals surface area contributed by atoms with Crippen LogP contribution >= 0.6 is 11.8 Å². The summed E-state index contributed by atoms with van der Waals surface area (Å²) in [5.41, 5.74) is 12.7. The minimum Gasteiger partial charge on any atom is -0.320 e. The van der Waals surface area contributed by atoms with Crippen molar-refractivity contribution < 1.29 is 0 Å². The lowest BCUT2D eigenvalue weighted by Crippen LogP contribution is -2.15. The van der Waals surface area contributed by atoms with E-state index in [-0.39, 0.29) is 6.04 Å². The fourth-order valence-electron chi connectivity index (χ4n) is 2.66. The van der Waals surface area contributed by atoms with Crippen LogP contribution in [0, 0.1) is 20.8 Å². The Hall–Kier alpha value is -1.25. The third-order valence-electron chi connectivity index (χ3n) is 3.52. The van der Waals surface area contributed by atoms with Gasteiger partial charge >= 0.3 is 0 Å². The minimum atomic E-state index is -0.0449. The van der Waals surface area contributed by atoms with Crippen molar-refractivity contribution in [3.63, 3.8) is 0 Å². The van der Waals surface area contributed by atoms with Crippen LogP contribution in [0.2, 0.25) is 0 Å². The van der Waals surface area contributed by atoms with E-state index in [0.717, 1.165) is 0 Å². The number of hydrogen-bond donors (Lipinski definition) is 1. The Labute approximate surface area is 120 Å². The Morgan fingerprint density at radius 1 is 0.947 bits per heavy atom. The molecule has 2 N–H and O–H groups in total. The summed E-state index contributed by atoms with van der Waals surface area (Å²) in [6.45, 7) is 6.42. The predicted octanol–water partition coefficient (Wildman–Crippen LogP) is 4.38. The number of rotatable bonds is 3. The van der Waals surface area contributed by atoms with E-state index in [9.17, 15) is 0 Å². The van der Waals surface area contributed by atoms with E-state index >= 15 is 0 Å².